The summed E-state index contributed by atoms with van der Waals surface area (Å²) in [5, 5.41) is 6.21. The molecule has 26 heavy (non-hydrogen) atoms. The molecule has 3 rings (SSSR count). The minimum Gasteiger partial charge on any atom is -0.370 e. The molecule has 1 aliphatic carbocycles. The van der Waals surface area contributed by atoms with Gasteiger partial charge in [0.25, 0.3) is 5.91 Å². The molecule has 2 N–H and O–H groups in total. The number of carbonyl (C=O) groups excluding carboxylic acids is 1. The maximum atomic E-state index is 12.5. The molecule has 1 aromatic carbocycles. The number of hydrogen-bond donors (Lipinski definition) is 2. The summed E-state index contributed by atoms with van der Waals surface area (Å²) in [6.45, 7) is 4.84. The van der Waals surface area contributed by atoms with Crippen molar-refractivity contribution in [3.63, 3.8) is 0 Å². The molecule has 0 spiro atoms. The Bertz CT molecular complexity index is 793. The van der Waals surface area contributed by atoms with E-state index in [9.17, 15) is 4.79 Å². The topological polar surface area (TPSA) is 66.9 Å². The predicted octanol–water partition coefficient (Wildman–Crippen LogP) is 4.65. The standard InChI is InChI=1S/C21H26N4O/c1-15-10-16(2)12-18(11-15)25-21(26)19-13-20(24-14-23-19)22-9-8-17-6-4-3-5-7-17/h6,10-14H,3-5,7-9H2,1-2H3,(H,25,26)(H,22,23,24). The highest BCUT2D eigenvalue weighted by Gasteiger charge is 2.10. The molecule has 0 radical (unpaired) electrons. The zero-order chi connectivity index (χ0) is 18.4. The van der Waals surface area contributed by atoms with Crippen LogP contribution in [-0.2, 0) is 0 Å². The maximum Gasteiger partial charge on any atom is 0.274 e. The highest BCUT2D eigenvalue weighted by atomic mass is 16.1. The van der Waals surface area contributed by atoms with Crippen LogP contribution >= 0.6 is 0 Å². The van der Waals surface area contributed by atoms with E-state index in [-0.39, 0.29) is 5.91 Å². The van der Waals surface area contributed by atoms with Crippen molar-refractivity contribution in [2.24, 2.45) is 0 Å². The molecule has 0 saturated heterocycles. The van der Waals surface area contributed by atoms with Crippen molar-refractivity contribution in [1.82, 2.24) is 9.97 Å². The molecular weight excluding hydrogens is 324 g/mol. The van der Waals surface area contributed by atoms with Gasteiger partial charge in [-0.2, -0.15) is 0 Å². The number of benzene rings is 1. The van der Waals surface area contributed by atoms with E-state index in [1.165, 1.54) is 37.6 Å². The largest absolute Gasteiger partial charge is 0.370 e. The van der Waals surface area contributed by atoms with Crippen molar-refractivity contribution in [3.05, 3.63) is 59.1 Å². The van der Waals surface area contributed by atoms with Crippen LogP contribution in [0.1, 0.15) is 53.7 Å². The van der Waals surface area contributed by atoms with Gasteiger partial charge in [-0.15, -0.1) is 0 Å². The fourth-order valence-corrected chi connectivity index (χ4v) is 3.30. The van der Waals surface area contributed by atoms with E-state index in [0.717, 1.165) is 29.8 Å². The zero-order valence-corrected chi connectivity index (χ0v) is 15.5. The Morgan fingerprint density at radius 1 is 1.08 bits per heavy atom. The second-order valence-corrected chi connectivity index (χ2v) is 6.90. The van der Waals surface area contributed by atoms with E-state index in [1.54, 1.807) is 6.07 Å². The van der Waals surface area contributed by atoms with Gasteiger partial charge in [-0.3, -0.25) is 4.79 Å². The molecule has 0 bridgehead atoms. The van der Waals surface area contributed by atoms with E-state index >= 15 is 0 Å². The van der Waals surface area contributed by atoms with Gasteiger partial charge in [0.1, 0.15) is 17.8 Å². The van der Waals surface area contributed by atoms with Crippen LogP contribution in [0.2, 0.25) is 0 Å². The molecule has 0 fully saturated rings. The zero-order valence-electron chi connectivity index (χ0n) is 15.5. The first-order valence-corrected chi connectivity index (χ1v) is 9.23. The number of carbonyl (C=O) groups is 1. The van der Waals surface area contributed by atoms with Crippen LogP contribution in [0.25, 0.3) is 0 Å². The van der Waals surface area contributed by atoms with Crippen molar-refractivity contribution in [2.45, 2.75) is 46.0 Å². The molecule has 2 aromatic rings. The first-order valence-electron chi connectivity index (χ1n) is 9.23. The lowest BCUT2D eigenvalue weighted by Gasteiger charge is -2.13. The normalized spacial score (nSPS) is 13.8. The summed E-state index contributed by atoms with van der Waals surface area (Å²) >= 11 is 0. The molecular formula is C21H26N4O. The molecule has 1 amide bonds. The number of nitrogens with zero attached hydrogens (tertiary/aromatic N) is 2. The Labute approximate surface area is 155 Å². The van der Waals surface area contributed by atoms with Crippen molar-refractivity contribution in [3.8, 4) is 0 Å². The summed E-state index contributed by atoms with van der Waals surface area (Å²) in [5.74, 6) is 0.456. The number of anilines is 2. The second kappa shape index (κ2) is 8.61. The Morgan fingerprint density at radius 3 is 2.62 bits per heavy atom. The van der Waals surface area contributed by atoms with Gasteiger partial charge in [0.05, 0.1) is 0 Å². The fraction of sp³-hybridized carbons (Fsp3) is 0.381. The maximum absolute atomic E-state index is 12.5. The Balaban J connectivity index is 1.59. The third-order valence-electron chi connectivity index (χ3n) is 4.52. The van der Waals surface area contributed by atoms with E-state index < -0.39 is 0 Å². The lowest BCUT2D eigenvalue weighted by molar-refractivity contribution is 0.102. The van der Waals surface area contributed by atoms with Crippen LogP contribution in [0.15, 0.2) is 42.2 Å². The van der Waals surface area contributed by atoms with Gasteiger partial charge >= 0.3 is 0 Å². The van der Waals surface area contributed by atoms with Gasteiger partial charge < -0.3 is 10.6 Å². The van der Waals surface area contributed by atoms with Crippen LogP contribution in [0.3, 0.4) is 0 Å². The highest BCUT2D eigenvalue weighted by molar-refractivity contribution is 6.03. The van der Waals surface area contributed by atoms with Gasteiger partial charge in [-0.1, -0.05) is 17.7 Å². The van der Waals surface area contributed by atoms with Crippen molar-refractivity contribution >= 4 is 17.4 Å². The first kappa shape index (κ1) is 18.1. The summed E-state index contributed by atoms with van der Waals surface area (Å²) in [4.78, 5) is 20.8. The molecule has 0 aliphatic heterocycles. The van der Waals surface area contributed by atoms with E-state index in [4.69, 9.17) is 0 Å². The van der Waals surface area contributed by atoms with Gasteiger partial charge in [-0.05, 0) is 69.2 Å². The van der Waals surface area contributed by atoms with Crippen LogP contribution in [0, 0.1) is 13.8 Å². The van der Waals surface area contributed by atoms with Crippen molar-refractivity contribution in [2.75, 3.05) is 17.2 Å². The average Bonchev–Trinajstić information content (AvgIpc) is 2.62. The second-order valence-electron chi connectivity index (χ2n) is 6.90. The number of rotatable bonds is 6. The van der Waals surface area contributed by atoms with Crippen LogP contribution < -0.4 is 10.6 Å². The Kier molecular flexibility index (Phi) is 6.00. The summed E-state index contributed by atoms with van der Waals surface area (Å²) in [7, 11) is 0. The minimum atomic E-state index is -0.226. The lowest BCUT2D eigenvalue weighted by Crippen LogP contribution is -2.15. The third kappa shape index (κ3) is 5.15. The van der Waals surface area contributed by atoms with Gasteiger partial charge in [0.15, 0.2) is 0 Å². The number of hydrogen-bond acceptors (Lipinski definition) is 4. The Morgan fingerprint density at radius 2 is 1.88 bits per heavy atom. The number of aromatic nitrogens is 2. The first-order chi connectivity index (χ1) is 12.6. The summed E-state index contributed by atoms with van der Waals surface area (Å²) in [6.07, 6.45) is 9.81. The van der Waals surface area contributed by atoms with Crippen LogP contribution in [0.5, 0.6) is 0 Å². The number of allylic oxidation sites excluding steroid dienone is 1. The van der Waals surface area contributed by atoms with Crippen LogP contribution in [-0.4, -0.2) is 22.4 Å². The molecule has 5 heteroatoms. The van der Waals surface area contributed by atoms with Crippen molar-refractivity contribution < 1.29 is 4.79 Å². The van der Waals surface area contributed by atoms with Crippen LogP contribution in [0.4, 0.5) is 11.5 Å². The molecule has 0 unspecified atom stereocenters. The van der Waals surface area contributed by atoms with Crippen molar-refractivity contribution in [1.29, 1.82) is 0 Å². The molecule has 0 saturated carbocycles. The SMILES string of the molecule is Cc1cc(C)cc(NC(=O)c2cc(NCCC3=CCCCC3)ncn2)c1. The monoisotopic (exact) mass is 350 g/mol. The quantitative estimate of drug-likeness (QED) is 0.744. The molecule has 1 heterocycles. The minimum absolute atomic E-state index is 0.226. The van der Waals surface area contributed by atoms with Gasteiger partial charge in [-0.25, -0.2) is 9.97 Å². The van der Waals surface area contributed by atoms with E-state index in [0.29, 0.717) is 11.5 Å². The lowest BCUT2D eigenvalue weighted by atomic mass is 9.97. The van der Waals surface area contributed by atoms with Gasteiger partial charge in [0, 0.05) is 18.3 Å². The Hall–Kier alpha value is -2.69. The summed E-state index contributed by atoms with van der Waals surface area (Å²) in [6, 6.07) is 7.67. The molecule has 1 aromatic heterocycles. The number of nitrogens with one attached hydrogen (secondary N) is 2. The summed E-state index contributed by atoms with van der Waals surface area (Å²) < 4.78 is 0. The average molecular weight is 350 g/mol. The highest BCUT2D eigenvalue weighted by Crippen LogP contribution is 2.20. The summed E-state index contributed by atoms with van der Waals surface area (Å²) in [5.41, 5.74) is 4.89. The molecule has 1 aliphatic rings. The smallest absolute Gasteiger partial charge is 0.274 e. The van der Waals surface area contributed by atoms with E-state index in [1.807, 2.05) is 26.0 Å². The molecule has 0 atom stereocenters. The predicted molar refractivity (Wildman–Crippen MR) is 106 cm³/mol. The number of aryl methyl sites for hydroxylation is 2. The molecule has 136 valence electrons. The third-order valence-corrected chi connectivity index (χ3v) is 4.52. The molecule has 5 nitrogen and oxygen atoms in total. The number of amides is 1. The van der Waals surface area contributed by atoms with Gasteiger partial charge in [0.2, 0.25) is 0 Å². The van der Waals surface area contributed by atoms with E-state index in [2.05, 4.69) is 32.7 Å². The fourth-order valence-electron chi connectivity index (χ4n) is 3.30.